The third-order valence-electron chi connectivity index (χ3n) is 2.45. The van der Waals surface area contributed by atoms with Gasteiger partial charge < -0.3 is 9.88 Å². The molecule has 1 aliphatic rings. The Labute approximate surface area is 77.2 Å². The molecule has 1 N–H and O–H groups in total. The molecule has 0 saturated carbocycles. The molecule has 1 aromatic rings. The number of hydrogen-bond acceptors (Lipinski definition) is 3. The van der Waals surface area contributed by atoms with Crippen molar-refractivity contribution in [3.8, 4) is 6.07 Å². The van der Waals surface area contributed by atoms with Crippen LogP contribution in [-0.4, -0.2) is 16.6 Å². The lowest BCUT2D eigenvalue weighted by Gasteiger charge is -2.15. The van der Waals surface area contributed by atoms with Gasteiger partial charge in [-0.2, -0.15) is 5.26 Å². The van der Waals surface area contributed by atoms with Gasteiger partial charge in [-0.05, 0) is 19.3 Å². The Morgan fingerprint density at radius 3 is 3.08 bits per heavy atom. The van der Waals surface area contributed by atoms with Crippen molar-refractivity contribution in [2.24, 2.45) is 0 Å². The van der Waals surface area contributed by atoms with E-state index in [1.54, 1.807) is 0 Å². The summed E-state index contributed by atoms with van der Waals surface area (Å²) < 4.78 is 2.11. The maximum Gasteiger partial charge on any atom is 0.204 e. The summed E-state index contributed by atoms with van der Waals surface area (Å²) >= 11 is 0. The smallest absolute Gasteiger partial charge is 0.204 e. The summed E-state index contributed by atoms with van der Waals surface area (Å²) in [5.41, 5.74) is 1.68. The number of anilines is 1. The lowest BCUT2D eigenvalue weighted by atomic mass is 10.1. The van der Waals surface area contributed by atoms with E-state index in [0.717, 1.165) is 24.6 Å². The highest BCUT2D eigenvalue weighted by molar-refractivity contribution is 5.40. The number of aromatic nitrogens is 2. The van der Waals surface area contributed by atoms with Gasteiger partial charge in [-0.25, -0.2) is 4.98 Å². The highest BCUT2D eigenvalue weighted by atomic mass is 15.2. The molecule has 68 valence electrons. The Kier molecular flexibility index (Phi) is 1.93. The maximum atomic E-state index is 8.85. The number of hydrogen-bond donors (Lipinski definition) is 1. The summed E-state index contributed by atoms with van der Waals surface area (Å²) in [5, 5.41) is 11.9. The average molecular weight is 176 g/mol. The van der Waals surface area contributed by atoms with E-state index >= 15 is 0 Å². The highest BCUT2D eigenvalue weighted by Gasteiger charge is 2.18. The fraction of sp³-hybridized carbons (Fsp3) is 0.556. The number of fused-ring (bicyclic) bond motifs is 1. The Morgan fingerprint density at radius 2 is 2.38 bits per heavy atom. The molecule has 1 aliphatic heterocycles. The van der Waals surface area contributed by atoms with Gasteiger partial charge >= 0.3 is 0 Å². The number of rotatable bonds is 1. The Hall–Kier alpha value is -1.50. The molecule has 0 saturated heterocycles. The van der Waals surface area contributed by atoms with E-state index in [2.05, 4.69) is 20.9 Å². The molecule has 0 aromatic carbocycles. The van der Waals surface area contributed by atoms with Crippen LogP contribution in [0.4, 0.5) is 5.95 Å². The number of nitriles is 1. The van der Waals surface area contributed by atoms with Crippen LogP contribution in [0.5, 0.6) is 0 Å². The van der Waals surface area contributed by atoms with Gasteiger partial charge in [0.2, 0.25) is 5.95 Å². The first kappa shape index (κ1) is 8.11. The third-order valence-corrected chi connectivity index (χ3v) is 2.45. The average Bonchev–Trinajstić information content (AvgIpc) is 2.56. The van der Waals surface area contributed by atoms with Crippen LogP contribution in [-0.2, 0) is 13.0 Å². The monoisotopic (exact) mass is 176 g/mol. The van der Waals surface area contributed by atoms with E-state index in [1.165, 1.54) is 12.8 Å². The maximum absolute atomic E-state index is 8.85. The lowest BCUT2D eigenvalue weighted by molar-refractivity contribution is 0.536. The van der Waals surface area contributed by atoms with Crippen LogP contribution >= 0.6 is 0 Å². The van der Waals surface area contributed by atoms with Crippen molar-refractivity contribution in [3.05, 3.63) is 11.4 Å². The normalized spacial score (nSPS) is 14.8. The first-order chi connectivity index (χ1) is 6.36. The van der Waals surface area contributed by atoms with Gasteiger partial charge in [-0.1, -0.05) is 0 Å². The highest BCUT2D eigenvalue weighted by Crippen LogP contribution is 2.22. The van der Waals surface area contributed by atoms with Crippen molar-refractivity contribution in [2.75, 3.05) is 12.4 Å². The second-order valence-corrected chi connectivity index (χ2v) is 3.20. The van der Waals surface area contributed by atoms with Gasteiger partial charge in [-0.15, -0.1) is 0 Å². The van der Waals surface area contributed by atoms with Crippen molar-refractivity contribution in [3.63, 3.8) is 0 Å². The molecule has 0 atom stereocenters. The van der Waals surface area contributed by atoms with Gasteiger partial charge in [-0.3, -0.25) is 0 Å². The van der Waals surface area contributed by atoms with Crippen molar-refractivity contribution >= 4 is 5.95 Å². The molecule has 4 nitrogen and oxygen atoms in total. The molecule has 4 heteroatoms. The molecular formula is C9H12N4. The van der Waals surface area contributed by atoms with Crippen molar-refractivity contribution < 1.29 is 0 Å². The summed E-state index contributed by atoms with van der Waals surface area (Å²) in [6, 6.07) is 2.14. The van der Waals surface area contributed by atoms with Gasteiger partial charge in [0.05, 0.1) is 5.69 Å². The van der Waals surface area contributed by atoms with Gasteiger partial charge in [0.15, 0.2) is 5.69 Å². The molecule has 0 unspecified atom stereocenters. The van der Waals surface area contributed by atoms with Crippen LogP contribution in [0.15, 0.2) is 0 Å². The molecule has 2 rings (SSSR count). The van der Waals surface area contributed by atoms with E-state index in [0.29, 0.717) is 5.69 Å². The number of imidazole rings is 1. The minimum atomic E-state index is 0.587. The molecule has 0 spiro atoms. The zero-order valence-corrected chi connectivity index (χ0v) is 7.67. The quantitative estimate of drug-likeness (QED) is 0.698. The molecule has 0 bridgehead atoms. The largest absolute Gasteiger partial charge is 0.359 e. The number of nitrogens with zero attached hydrogens (tertiary/aromatic N) is 3. The SMILES string of the molecule is CNc1nc(C#N)c2n1CCCC2. The molecule has 0 amide bonds. The molecule has 13 heavy (non-hydrogen) atoms. The van der Waals surface area contributed by atoms with Gasteiger partial charge in [0.1, 0.15) is 6.07 Å². The minimum absolute atomic E-state index is 0.587. The van der Waals surface area contributed by atoms with Crippen LogP contribution in [0.3, 0.4) is 0 Å². The van der Waals surface area contributed by atoms with E-state index in [-0.39, 0.29) is 0 Å². The fourth-order valence-corrected chi connectivity index (χ4v) is 1.82. The van der Waals surface area contributed by atoms with Crippen LogP contribution in [0.2, 0.25) is 0 Å². The van der Waals surface area contributed by atoms with Crippen LogP contribution in [0, 0.1) is 11.3 Å². The first-order valence-corrected chi connectivity index (χ1v) is 4.54. The third kappa shape index (κ3) is 1.17. The van der Waals surface area contributed by atoms with E-state index in [1.807, 2.05) is 7.05 Å². The van der Waals surface area contributed by atoms with E-state index in [9.17, 15) is 0 Å². The molecular weight excluding hydrogens is 164 g/mol. The molecule has 1 aromatic heterocycles. The van der Waals surface area contributed by atoms with Crippen LogP contribution < -0.4 is 5.32 Å². The zero-order valence-electron chi connectivity index (χ0n) is 7.67. The topological polar surface area (TPSA) is 53.6 Å². The lowest BCUT2D eigenvalue weighted by Crippen LogP contribution is -2.12. The van der Waals surface area contributed by atoms with Crippen molar-refractivity contribution in [2.45, 2.75) is 25.8 Å². The van der Waals surface area contributed by atoms with Crippen molar-refractivity contribution in [1.82, 2.24) is 9.55 Å². The second kappa shape index (κ2) is 3.09. The fourth-order valence-electron chi connectivity index (χ4n) is 1.82. The van der Waals surface area contributed by atoms with Crippen molar-refractivity contribution in [1.29, 1.82) is 5.26 Å². The molecule has 2 heterocycles. The van der Waals surface area contributed by atoms with E-state index in [4.69, 9.17) is 5.26 Å². The standard InChI is InChI=1S/C9H12N4/c1-11-9-12-7(6-10)8-4-2-3-5-13(8)9/h2-5H2,1H3,(H,11,12). The van der Waals surface area contributed by atoms with Gasteiger partial charge in [0, 0.05) is 13.6 Å². The molecule has 0 radical (unpaired) electrons. The number of nitrogens with one attached hydrogen (secondary N) is 1. The summed E-state index contributed by atoms with van der Waals surface area (Å²) in [6.07, 6.45) is 3.34. The summed E-state index contributed by atoms with van der Waals surface area (Å²) in [4.78, 5) is 4.22. The summed E-state index contributed by atoms with van der Waals surface area (Å²) in [6.45, 7) is 0.986. The summed E-state index contributed by atoms with van der Waals surface area (Å²) in [7, 11) is 1.84. The Morgan fingerprint density at radius 1 is 1.54 bits per heavy atom. The van der Waals surface area contributed by atoms with E-state index < -0.39 is 0 Å². The molecule has 0 fully saturated rings. The van der Waals surface area contributed by atoms with Crippen LogP contribution in [0.1, 0.15) is 24.2 Å². The Balaban J connectivity index is 2.52. The minimum Gasteiger partial charge on any atom is -0.359 e. The Bertz CT molecular complexity index is 358. The predicted molar refractivity (Wildman–Crippen MR) is 49.4 cm³/mol. The predicted octanol–water partition coefficient (Wildman–Crippen LogP) is 1.13. The molecule has 0 aliphatic carbocycles. The zero-order chi connectivity index (χ0) is 9.26. The van der Waals surface area contributed by atoms with Gasteiger partial charge in [0.25, 0.3) is 0 Å². The van der Waals surface area contributed by atoms with Crippen LogP contribution in [0.25, 0.3) is 0 Å². The summed E-state index contributed by atoms with van der Waals surface area (Å²) in [5.74, 6) is 0.825. The second-order valence-electron chi connectivity index (χ2n) is 3.20. The first-order valence-electron chi connectivity index (χ1n) is 4.54.